The molecule has 0 saturated carbocycles. The van der Waals surface area contributed by atoms with Gasteiger partial charge in [0.1, 0.15) is 5.75 Å². The van der Waals surface area contributed by atoms with Crippen LogP contribution in [0.2, 0.25) is 0 Å². The van der Waals surface area contributed by atoms with Gasteiger partial charge in [0.25, 0.3) is 0 Å². The van der Waals surface area contributed by atoms with E-state index in [4.69, 9.17) is 9.47 Å². The van der Waals surface area contributed by atoms with Gasteiger partial charge in [0, 0.05) is 31.7 Å². The van der Waals surface area contributed by atoms with Gasteiger partial charge in [-0.2, -0.15) is 0 Å². The Morgan fingerprint density at radius 2 is 1.95 bits per heavy atom. The Kier molecular flexibility index (Phi) is 6.50. The molecule has 0 fully saturated rings. The van der Waals surface area contributed by atoms with E-state index >= 15 is 0 Å². The highest BCUT2D eigenvalue weighted by Crippen LogP contribution is 2.22. The second-order valence-corrected chi connectivity index (χ2v) is 6.21. The van der Waals surface area contributed by atoms with Gasteiger partial charge >= 0.3 is 0 Å². The topological polar surface area (TPSA) is 30.5 Å². The van der Waals surface area contributed by atoms with Crippen molar-refractivity contribution >= 4 is 0 Å². The van der Waals surface area contributed by atoms with E-state index in [9.17, 15) is 0 Å². The van der Waals surface area contributed by atoms with E-state index in [0.717, 1.165) is 18.7 Å². The van der Waals surface area contributed by atoms with Crippen LogP contribution in [0.3, 0.4) is 0 Å². The van der Waals surface area contributed by atoms with Gasteiger partial charge in [0.2, 0.25) is 0 Å². The molecule has 0 saturated heterocycles. The Hall–Kier alpha value is -1.06. The predicted molar refractivity (Wildman–Crippen MR) is 84.4 cm³/mol. The minimum atomic E-state index is -0.138. The van der Waals surface area contributed by atoms with Crippen molar-refractivity contribution in [2.75, 3.05) is 13.7 Å². The molecule has 114 valence electrons. The average Bonchev–Trinajstić information content (AvgIpc) is 2.38. The lowest BCUT2D eigenvalue weighted by molar-refractivity contribution is 0.00537. The van der Waals surface area contributed by atoms with E-state index in [0.29, 0.717) is 12.6 Å². The molecule has 1 rings (SSSR count). The number of methoxy groups -OCH3 is 1. The molecule has 0 amide bonds. The fourth-order valence-electron chi connectivity index (χ4n) is 1.81. The van der Waals surface area contributed by atoms with Crippen LogP contribution >= 0.6 is 0 Å². The smallest absolute Gasteiger partial charge is 0.123 e. The molecule has 3 heteroatoms. The first-order valence-corrected chi connectivity index (χ1v) is 7.35. The van der Waals surface area contributed by atoms with Crippen LogP contribution in [-0.2, 0) is 11.3 Å². The SMILES string of the molecule is COC(C)(C)CCOc1ccc(C)cc1CNC(C)C. The number of benzene rings is 1. The van der Waals surface area contributed by atoms with Crippen molar-refractivity contribution in [3.63, 3.8) is 0 Å². The van der Waals surface area contributed by atoms with Gasteiger partial charge in [-0.05, 0) is 26.8 Å². The fourth-order valence-corrected chi connectivity index (χ4v) is 1.81. The minimum Gasteiger partial charge on any atom is -0.493 e. The first-order chi connectivity index (χ1) is 9.34. The summed E-state index contributed by atoms with van der Waals surface area (Å²) in [5.41, 5.74) is 2.34. The van der Waals surface area contributed by atoms with Crippen LogP contribution in [0.4, 0.5) is 0 Å². The summed E-state index contributed by atoms with van der Waals surface area (Å²) in [4.78, 5) is 0. The molecule has 0 spiro atoms. The average molecular weight is 279 g/mol. The minimum absolute atomic E-state index is 0.138. The van der Waals surface area contributed by atoms with Crippen LogP contribution in [0.5, 0.6) is 5.75 Å². The normalized spacial score (nSPS) is 11.9. The Bertz CT molecular complexity index is 413. The molecule has 0 aliphatic heterocycles. The second-order valence-electron chi connectivity index (χ2n) is 6.21. The highest BCUT2D eigenvalue weighted by Gasteiger charge is 2.16. The summed E-state index contributed by atoms with van der Waals surface area (Å²) in [7, 11) is 1.74. The van der Waals surface area contributed by atoms with E-state index in [1.165, 1.54) is 11.1 Å². The summed E-state index contributed by atoms with van der Waals surface area (Å²) in [6.45, 7) is 12.1. The maximum atomic E-state index is 5.94. The maximum Gasteiger partial charge on any atom is 0.123 e. The van der Waals surface area contributed by atoms with Crippen LogP contribution in [0.15, 0.2) is 18.2 Å². The molecule has 1 aromatic carbocycles. The quantitative estimate of drug-likeness (QED) is 0.787. The van der Waals surface area contributed by atoms with Gasteiger partial charge in [0.15, 0.2) is 0 Å². The molecule has 0 heterocycles. The summed E-state index contributed by atoms with van der Waals surface area (Å²) in [6, 6.07) is 6.81. The summed E-state index contributed by atoms with van der Waals surface area (Å²) in [5.74, 6) is 0.968. The summed E-state index contributed by atoms with van der Waals surface area (Å²) in [6.07, 6.45) is 0.869. The third-order valence-electron chi connectivity index (χ3n) is 3.43. The molecule has 20 heavy (non-hydrogen) atoms. The lowest BCUT2D eigenvalue weighted by Gasteiger charge is -2.23. The molecule has 0 aliphatic carbocycles. The van der Waals surface area contributed by atoms with Crippen LogP contribution in [0, 0.1) is 6.92 Å². The predicted octanol–water partition coefficient (Wildman–Crippen LogP) is 3.69. The number of rotatable bonds is 8. The van der Waals surface area contributed by atoms with E-state index < -0.39 is 0 Å². The zero-order valence-electron chi connectivity index (χ0n) is 13.7. The highest BCUT2D eigenvalue weighted by atomic mass is 16.5. The van der Waals surface area contributed by atoms with Crippen molar-refractivity contribution < 1.29 is 9.47 Å². The molecule has 1 aromatic rings. The molecule has 3 nitrogen and oxygen atoms in total. The molecule has 0 bridgehead atoms. The van der Waals surface area contributed by atoms with Crippen LogP contribution in [0.1, 0.15) is 45.2 Å². The summed E-state index contributed by atoms with van der Waals surface area (Å²) in [5, 5.41) is 3.44. The van der Waals surface area contributed by atoms with Gasteiger partial charge in [-0.15, -0.1) is 0 Å². The zero-order chi connectivity index (χ0) is 15.2. The van der Waals surface area contributed by atoms with Gasteiger partial charge in [0.05, 0.1) is 12.2 Å². The largest absolute Gasteiger partial charge is 0.493 e. The van der Waals surface area contributed by atoms with Crippen molar-refractivity contribution in [3.8, 4) is 5.75 Å². The van der Waals surface area contributed by atoms with Crippen molar-refractivity contribution in [3.05, 3.63) is 29.3 Å². The Labute approximate surface area is 123 Å². The molecular weight excluding hydrogens is 250 g/mol. The molecule has 1 N–H and O–H groups in total. The zero-order valence-corrected chi connectivity index (χ0v) is 13.7. The van der Waals surface area contributed by atoms with Gasteiger partial charge in [-0.25, -0.2) is 0 Å². The third-order valence-corrected chi connectivity index (χ3v) is 3.43. The number of hydrogen-bond donors (Lipinski definition) is 1. The van der Waals surface area contributed by atoms with Gasteiger partial charge < -0.3 is 14.8 Å². The first-order valence-electron chi connectivity index (χ1n) is 7.35. The van der Waals surface area contributed by atoms with Crippen molar-refractivity contribution in [2.45, 2.75) is 59.2 Å². The second kappa shape index (κ2) is 7.65. The lowest BCUT2D eigenvalue weighted by Crippen LogP contribution is -2.25. The highest BCUT2D eigenvalue weighted by molar-refractivity contribution is 5.36. The fraction of sp³-hybridized carbons (Fsp3) is 0.647. The van der Waals surface area contributed by atoms with Crippen molar-refractivity contribution in [1.29, 1.82) is 0 Å². The number of ether oxygens (including phenoxy) is 2. The van der Waals surface area contributed by atoms with E-state index in [1.54, 1.807) is 7.11 Å². The molecule has 0 aliphatic rings. The van der Waals surface area contributed by atoms with Crippen molar-refractivity contribution in [2.24, 2.45) is 0 Å². The van der Waals surface area contributed by atoms with E-state index in [2.05, 4.69) is 58.1 Å². The number of aryl methyl sites for hydroxylation is 1. The standard InChI is InChI=1S/C17H29NO2/c1-13(2)18-12-15-11-14(3)7-8-16(15)20-10-9-17(4,5)19-6/h7-8,11,13,18H,9-10,12H2,1-6H3. The Balaban J connectivity index is 2.64. The van der Waals surface area contributed by atoms with Gasteiger partial charge in [-0.3, -0.25) is 0 Å². The van der Waals surface area contributed by atoms with Crippen LogP contribution in [0.25, 0.3) is 0 Å². The molecule has 0 unspecified atom stereocenters. The van der Waals surface area contributed by atoms with E-state index in [-0.39, 0.29) is 5.60 Å². The number of hydrogen-bond acceptors (Lipinski definition) is 3. The van der Waals surface area contributed by atoms with E-state index in [1.807, 2.05) is 0 Å². The first kappa shape index (κ1) is 17.0. The third kappa shape index (κ3) is 5.93. The van der Waals surface area contributed by atoms with Gasteiger partial charge in [-0.1, -0.05) is 31.5 Å². The lowest BCUT2D eigenvalue weighted by atomic mass is 10.1. The summed E-state index contributed by atoms with van der Waals surface area (Å²) >= 11 is 0. The Morgan fingerprint density at radius 1 is 1.25 bits per heavy atom. The molecule has 0 atom stereocenters. The molecule has 0 aromatic heterocycles. The molecule has 0 radical (unpaired) electrons. The maximum absolute atomic E-state index is 5.94. The Morgan fingerprint density at radius 3 is 2.55 bits per heavy atom. The van der Waals surface area contributed by atoms with Crippen LogP contribution < -0.4 is 10.1 Å². The number of nitrogens with one attached hydrogen (secondary N) is 1. The van der Waals surface area contributed by atoms with Crippen molar-refractivity contribution in [1.82, 2.24) is 5.32 Å². The summed E-state index contributed by atoms with van der Waals surface area (Å²) < 4.78 is 11.4. The molecular formula is C17H29NO2. The van der Waals surface area contributed by atoms with Crippen LogP contribution in [-0.4, -0.2) is 25.4 Å². The monoisotopic (exact) mass is 279 g/mol.